The summed E-state index contributed by atoms with van der Waals surface area (Å²) in [7, 11) is 2.57. The van der Waals surface area contributed by atoms with Crippen molar-refractivity contribution in [2.45, 2.75) is 37.6 Å². The van der Waals surface area contributed by atoms with E-state index in [0.717, 1.165) is 11.1 Å². The smallest absolute Gasteiger partial charge is 0.263 e. The van der Waals surface area contributed by atoms with Gasteiger partial charge in [0.1, 0.15) is 17.1 Å². The average molecular weight is 474 g/mol. The molecule has 0 spiro atoms. The van der Waals surface area contributed by atoms with E-state index in [4.69, 9.17) is 14.2 Å². The fourth-order valence-corrected chi connectivity index (χ4v) is 4.85. The summed E-state index contributed by atoms with van der Waals surface area (Å²) < 4.78 is 46.4. The zero-order valence-electron chi connectivity index (χ0n) is 19.9. The minimum atomic E-state index is -3.92. The SMILES string of the molecule is COc1ccc(CN(Cc2ccc(OC)cc2)S(=O)(=O)c2cc(C(C)(C)OC)n(C)n2)cc1. The first-order valence-electron chi connectivity index (χ1n) is 10.5. The van der Waals surface area contributed by atoms with Crippen molar-refractivity contribution in [3.05, 3.63) is 71.4 Å². The Balaban J connectivity index is 1.99. The van der Waals surface area contributed by atoms with Crippen LogP contribution in [0.3, 0.4) is 0 Å². The number of methoxy groups -OCH3 is 3. The molecule has 178 valence electrons. The van der Waals surface area contributed by atoms with Crippen LogP contribution in [0.25, 0.3) is 0 Å². The molecule has 8 nitrogen and oxygen atoms in total. The van der Waals surface area contributed by atoms with Crippen molar-refractivity contribution < 1.29 is 22.6 Å². The van der Waals surface area contributed by atoms with Gasteiger partial charge in [-0.1, -0.05) is 24.3 Å². The van der Waals surface area contributed by atoms with Crippen molar-refractivity contribution in [3.63, 3.8) is 0 Å². The predicted octanol–water partition coefficient (Wildman–Crippen LogP) is 3.71. The Morgan fingerprint density at radius 3 is 1.73 bits per heavy atom. The van der Waals surface area contributed by atoms with Crippen LogP contribution in [0, 0.1) is 0 Å². The molecule has 0 aliphatic carbocycles. The zero-order chi connectivity index (χ0) is 24.2. The minimum Gasteiger partial charge on any atom is -0.497 e. The second-order valence-electron chi connectivity index (χ2n) is 8.18. The Hall–Kier alpha value is -2.88. The molecule has 33 heavy (non-hydrogen) atoms. The molecular formula is C24H31N3O5S. The maximum absolute atomic E-state index is 13.7. The lowest BCUT2D eigenvalue weighted by atomic mass is 10.1. The van der Waals surface area contributed by atoms with Crippen molar-refractivity contribution in [1.82, 2.24) is 14.1 Å². The van der Waals surface area contributed by atoms with Crippen molar-refractivity contribution >= 4 is 10.0 Å². The first-order chi connectivity index (χ1) is 15.6. The molecule has 0 unspecified atom stereocenters. The van der Waals surface area contributed by atoms with E-state index in [1.165, 1.54) is 4.31 Å². The first-order valence-corrected chi connectivity index (χ1v) is 11.9. The first kappa shape index (κ1) is 24.8. The standard InChI is InChI=1S/C24H31N3O5S/c1-24(2,32-6)22-15-23(25-26(22)3)33(28,29)27(16-18-7-11-20(30-4)12-8-18)17-19-9-13-21(31-5)14-10-19/h7-15H,16-17H2,1-6H3. The normalized spacial score (nSPS) is 12.2. The zero-order valence-corrected chi connectivity index (χ0v) is 20.7. The van der Waals surface area contributed by atoms with Crippen LogP contribution in [0.15, 0.2) is 59.6 Å². The fourth-order valence-electron chi connectivity index (χ4n) is 3.46. The minimum absolute atomic E-state index is 0.0212. The van der Waals surface area contributed by atoms with E-state index in [1.54, 1.807) is 39.1 Å². The van der Waals surface area contributed by atoms with E-state index in [-0.39, 0.29) is 18.1 Å². The molecule has 0 N–H and O–H groups in total. The Bertz CT molecular complexity index is 1120. The third kappa shape index (κ3) is 5.55. The number of hydrogen-bond acceptors (Lipinski definition) is 6. The summed E-state index contributed by atoms with van der Waals surface area (Å²) in [6.07, 6.45) is 0. The van der Waals surface area contributed by atoms with Crippen LogP contribution in [0.4, 0.5) is 0 Å². The molecule has 0 amide bonds. The highest BCUT2D eigenvalue weighted by Gasteiger charge is 2.32. The molecule has 0 radical (unpaired) electrons. The van der Waals surface area contributed by atoms with E-state index < -0.39 is 15.6 Å². The number of nitrogens with zero attached hydrogens (tertiary/aromatic N) is 3. The molecule has 0 atom stereocenters. The molecule has 9 heteroatoms. The third-order valence-electron chi connectivity index (χ3n) is 5.62. The van der Waals surface area contributed by atoms with Gasteiger partial charge >= 0.3 is 0 Å². The molecule has 0 saturated heterocycles. The van der Waals surface area contributed by atoms with Crippen LogP contribution in [-0.2, 0) is 40.5 Å². The predicted molar refractivity (Wildman–Crippen MR) is 126 cm³/mol. The van der Waals surface area contributed by atoms with E-state index in [9.17, 15) is 8.42 Å². The quantitative estimate of drug-likeness (QED) is 0.446. The number of sulfonamides is 1. The fraction of sp³-hybridized carbons (Fsp3) is 0.375. The monoisotopic (exact) mass is 473 g/mol. The summed E-state index contributed by atoms with van der Waals surface area (Å²) >= 11 is 0. The molecule has 0 bridgehead atoms. The van der Waals surface area contributed by atoms with Crippen LogP contribution in [0.2, 0.25) is 0 Å². The lowest BCUT2D eigenvalue weighted by Crippen LogP contribution is -2.30. The maximum atomic E-state index is 13.7. The van der Waals surface area contributed by atoms with E-state index in [0.29, 0.717) is 17.2 Å². The van der Waals surface area contributed by atoms with Crippen LogP contribution >= 0.6 is 0 Å². The summed E-state index contributed by atoms with van der Waals surface area (Å²) in [5.74, 6) is 1.42. The van der Waals surface area contributed by atoms with Crippen LogP contribution in [-0.4, -0.2) is 43.8 Å². The second-order valence-corrected chi connectivity index (χ2v) is 10.1. The number of aromatic nitrogens is 2. The Kier molecular flexibility index (Phi) is 7.46. The molecule has 2 aromatic carbocycles. The van der Waals surface area contributed by atoms with Gasteiger partial charge in [-0.25, -0.2) is 8.42 Å². The Labute approximate surface area is 195 Å². The van der Waals surface area contributed by atoms with Gasteiger partial charge in [-0.15, -0.1) is 0 Å². The van der Waals surface area contributed by atoms with Gasteiger partial charge in [0.2, 0.25) is 0 Å². The van der Waals surface area contributed by atoms with Crippen LogP contribution < -0.4 is 9.47 Å². The lowest BCUT2D eigenvalue weighted by Gasteiger charge is -2.22. The third-order valence-corrected chi connectivity index (χ3v) is 7.29. The topological polar surface area (TPSA) is 82.9 Å². The van der Waals surface area contributed by atoms with Gasteiger partial charge in [-0.3, -0.25) is 4.68 Å². The van der Waals surface area contributed by atoms with Gasteiger partial charge in [0.15, 0.2) is 5.03 Å². The number of benzene rings is 2. The van der Waals surface area contributed by atoms with Gasteiger partial charge in [0, 0.05) is 33.3 Å². The number of aryl methyl sites for hydroxylation is 1. The lowest BCUT2D eigenvalue weighted by molar-refractivity contribution is 0.0123. The number of rotatable bonds is 10. The van der Waals surface area contributed by atoms with Gasteiger partial charge in [0.05, 0.1) is 19.9 Å². The molecule has 3 rings (SSSR count). The van der Waals surface area contributed by atoms with Crippen LogP contribution in [0.1, 0.15) is 30.7 Å². The van der Waals surface area contributed by atoms with Crippen molar-refractivity contribution in [3.8, 4) is 11.5 Å². The molecular weight excluding hydrogens is 442 g/mol. The molecule has 0 aliphatic heterocycles. The summed E-state index contributed by atoms with van der Waals surface area (Å²) in [5, 5.41) is 4.30. The van der Waals surface area contributed by atoms with Gasteiger partial charge < -0.3 is 14.2 Å². The second kappa shape index (κ2) is 9.94. The maximum Gasteiger partial charge on any atom is 0.263 e. The number of ether oxygens (including phenoxy) is 3. The van der Waals surface area contributed by atoms with Crippen LogP contribution in [0.5, 0.6) is 11.5 Å². The van der Waals surface area contributed by atoms with E-state index >= 15 is 0 Å². The molecule has 0 aliphatic rings. The molecule has 0 saturated carbocycles. The van der Waals surface area contributed by atoms with Gasteiger partial charge in [-0.05, 0) is 49.2 Å². The van der Waals surface area contributed by atoms with Crippen molar-refractivity contribution in [1.29, 1.82) is 0 Å². The largest absolute Gasteiger partial charge is 0.497 e. The van der Waals surface area contributed by atoms with Gasteiger partial charge in [0.25, 0.3) is 10.0 Å². The molecule has 1 aromatic heterocycles. The molecule has 0 fully saturated rings. The molecule has 1 heterocycles. The van der Waals surface area contributed by atoms with Crippen molar-refractivity contribution in [2.75, 3.05) is 21.3 Å². The summed E-state index contributed by atoms with van der Waals surface area (Å²) in [6, 6.07) is 16.2. The highest BCUT2D eigenvalue weighted by Crippen LogP contribution is 2.28. The number of hydrogen-bond donors (Lipinski definition) is 0. The Morgan fingerprint density at radius 1 is 0.879 bits per heavy atom. The molecule has 3 aromatic rings. The van der Waals surface area contributed by atoms with Gasteiger partial charge in [-0.2, -0.15) is 9.40 Å². The van der Waals surface area contributed by atoms with E-state index in [2.05, 4.69) is 5.10 Å². The summed E-state index contributed by atoms with van der Waals surface area (Å²) in [6.45, 7) is 4.09. The average Bonchev–Trinajstić information content (AvgIpc) is 3.23. The van der Waals surface area contributed by atoms with Crippen molar-refractivity contribution in [2.24, 2.45) is 7.05 Å². The highest BCUT2D eigenvalue weighted by atomic mass is 32.2. The summed E-state index contributed by atoms with van der Waals surface area (Å²) in [5.41, 5.74) is 1.65. The summed E-state index contributed by atoms with van der Waals surface area (Å²) in [4.78, 5) is 0. The van der Waals surface area contributed by atoms with E-state index in [1.807, 2.05) is 62.4 Å². The Morgan fingerprint density at radius 2 is 1.33 bits per heavy atom. The highest BCUT2D eigenvalue weighted by molar-refractivity contribution is 7.89.